The van der Waals surface area contributed by atoms with Crippen LogP contribution in [0.15, 0.2) is 48.7 Å². The summed E-state index contributed by atoms with van der Waals surface area (Å²) in [5, 5.41) is 10.4. The molecule has 0 fully saturated rings. The number of benzene rings is 2. The van der Waals surface area contributed by atoms with Crippen molar-refractivity contribution in [1.82, 2.24) is 0 Å². The molecule has 0 radical (unpaired) electrons. The van der Waals surface area contributed by atoms with Crippen LogP contribution < -0.4 is 14.2 Å². The van der Waals surface area contributed by atoms with Gasteiger partial charge in [-0.3, -0.25) is 10.1 Å². The number of nitrogens with zero attached hydrogens (tertiary/aromatic N) is 1. The van der Waals surface area contributed by atoms with Crippen molar-refractivity contribution in [3.05, 3.63) is 69.9 Å². The molecule has 2 aromatic rings. The molecule has 0 N–H and O–H groups in total. The second-order valence-corrected chi connectivity index (χ2v) is 5.09. The predicted octanol–water partition coefficient (Wildman–Crippen LogP) is 3.24. The molecular weight excluding hydrogens is 326 g/mol. The van der Waals surface area contributed by atoms with Gasteiger partial charge in [0.2, 0.25) is 6.20 Å². The summed E-state index contributed by atoms with van der Waals surface area (Å²) in [6.45, 7) is 1.70. The number of methoxy groups -OCH3 is 1. The van der Waals surface area contributed by atoms with Gasteiger partial charge in [0.1, 0.15) is 5.75 Å². The summed E-state index contributed by atoms with van der Waals surface area (Å²) in [6, 6.07) is 11.9. The van der Waals surface area contributed by atoms with Gasteiger partial charge in [-0.1, -0.05) is 23.8 Å². The molecule has 0 saturated heterocycles. The van der Waals surface area contributed by atoms with E-state index in [0.717, 1.165) is 11.8 Å². The maximum atomic E-state index is 11.9. The van der Waals surface area contributed by atoms with Crippen molar-refractivity contribution in [3.63, 3.8) is 0 Å². The molecule has 130 valence electrons. The van der Waals surface area contributed by atoms with E-state index in [1.54, 1.807) is 18.2 Å². The Morgan fingerprint density at radius 2 is 1.88 bits per heavy atom. The highest BCUT2D eigenvalue weighted by atomic mass is 16.6. The average Bonchev–Trinajstić information content (AvgIpc) is 2.60. The SMILES string of the molecule is COc1cc(C=C[N+](=O)[O-])ccc1OC(=O)COc1ccc(C)cc1. The molecule has 25 heavy (non-hydrogen) atoms. The first-order valence-electron chi connectivity index (χ1n) is 7.38. The maximum absolute atomic E-state index is 11.9. The Kier molecular flexibility index (Phi) is 6.11. The fraction of sp³-hybridized carbons (Fsp3) is 0.167. The van der Waals surface area contributed by atoms with Gasteiger partial charge >= 0.3 is 5.97 Å². The average molecular weight is 343 g/mol. The third-order valence-corrected chi connectivity index (χ3v) is 3.18. The second kappa shape index (κ2) is 8.49. The molecule has 0 aromatic heterocycles. The van der Waals surface area contributed by atoms with Gasteiger partial charge in [0.15, 0.2) is 18.1 Å². The summed E-state index contributed by atoms with van der Waals surface area (Å²) >= 11 is 0. The van der Waals surface area contributed by atoms with Crippen LogP contribution in [0.1, 0.15) is 11.1 Å². The molecule has 0 heterocycles. The lowest BCUT2D eigenvalue weighted by Gasteiger charge is -2.10. The molecule has 0 amide bonds. The van der Waals surface area contributed by atoms with Crippen molar-refractivity contribution >= 4 is 12.0 Å². The molecule has 2 rings (SSSR count). The summed E-state index contributed by atoms with van der Waals surface area (Å²) in [5.41, 5.74) is 1.63. The molecule has 2 aromatic carbocycles. The highest BCUT2D eigenvalue weighted by Crippen LogP contribution is 2.28. The van der Waals surface area contributed by atoms with Gasteiger partial charge in [0, 0.05) is 6.08 Å². The molecule has 0 aliphatic rings. The molecule has 0 spiro atoms. The van der Waals surface area contributed by atoms with E-state index in [9.17, 15) is 14.9 Å². The highest BCUT2D eigenvalue weighted by Gasteiger charge is 2.11. The van der Waals surface area contributed by atoms with Crippen molar-refractivity contribution in [2.75, 3.05) is 13.7 Å². The Bertz CT molecular complexity index is 783. The molecule has 7 nitrogen and oxygen atoms in total. The van der Waals surface area contributed by atoms with E-state index in [1.165, 1.54) is 25.3 Å². The van der Waals surface area contributed by atoms with Crippen molar-refractivity contribution in [2.45, 2.75) is 6.92 Å². The number of nitro groups is 1. The second-order valence-electron chi connectivity index (χ2n) is 5.09. The van der Waals surface area contributed by atoms with E-state index in [1.807, 2.05) is 19.1 Å². The fourth-order valence-corrected chi connectivity index (χ4v) is 1.95. The Labute approximate surface area is 144 Å². The van der Waals surface area contributed by atoms with E-state index in [2.05, 4.69) is 0 Å². The first-order chi connectivity index (χ1) is 12.0. The summed E-state index contributed by atoms with van der Waals surface area (Å²) in [6.07, 6.45) is 2.13. The number of ether oxygens (including phenoxy) is 3. The van der Waals surface area contributed by atoms with Crippen LogP contribution in [-0.2, 0) is 4.79 Å². The molecule has 0 bridgehead atoms. The van der Waals surface area contributed by atoms with Gasteiger partial charge in [0.05, 0.1) is 12.0 Å². The standard InChI is InChI=1S/C18H17NO6/c1-13-3-6-15(7-4-13)24-12-18(20)25-16-8-5-14(9-10-19(21)22)11-17(16)23-2/h3-11H,12H2,1-2H3. The maximum Gasteiger partial charge on any atom is 0.349 e. The van der Waals surface area contributed by atoms with Gasteiger partial charge in [0.25, 0.3) is 0 Å². The smallest absolute Gasteiger partial charge is 0.349 e. The number of esters is 1. The normalized spacial score (nSPS) is 10.5. The number of carbonyl (C=O) groups excluding carboxylic acids is 1. The molecule has 0 saturated carbocycles. The van der Waals surface area contributed by atoms with E-state index >= 15 is 0 Å². The Morgan fingerprint density at radius 3 is 2.52 bits per heavy atom. The Morgan fingerprint density at radius 1 is 1.16 bits per heavy atom. The van der Waals surface area contributed by atoms with Crippen molar-refractivity contribution in [3.8, 4) is 17.2 Å². The molecule has 0 unspecified atom stereocenters. The minimum absolute atomic E-state index is 0.207. The van der Waals surface area contributed by atoms with E-state index in [0.29, 0.717) is 11.3 Å². The van der Waals surface area contributed by atoms with Gasteiger partial charge in [-0.25, -0.2) is 4.79 Å². The third kappa shape index (κ3) is 5.65. The lowest BCUT2D eigenvalue weighted by molar-refractivity contribution is -0.400. The van der Waals surface area contributed by atoms with Crippen LogP contribution in [0.3, 0.4) is 0 Å². The van der Waals surface area contributed by atoms with Crippen LogP contribution in [0, 0.1) is 17.0 Å². The molecular formula is C18H17NO6. The zero-order valence-corrected chi connectivity index (χ0v) is 13.8. The number of carbonyl (C=O) groups is 1. The molecule has 7 heteroatoms. The van der Waals surface area contributed by atoms with Crippen LogP contribution in [0.5, 0.6) is 17.2 Å². The van der Waals surface area contributed by atoms with Crippen molar-refractivity contribution in [2.24, 2.45) is 0 Å². The number of hydrogen-bond acceptors (Lipinski definition) is 6. The van der Waals surface area contributed by atoms with Gasteiger partial charge < -0.3 is 14.2 Å². The third-order valence-electron chi connectivity index (χ3n) is 3.18. The van der Waals surface area contributed by atoms with Gasteiger partial charge in [-0.05, 0) is 36.8 Å². The Balaban J connectivity index is 1.99. The van der Waals surface area contributed by atoms with E-state index in [4.69, 9.17) is 14.2 Å². The van der Waals surface area contributed by atoms with Crippen LogP contribution in [-0.4, -0.2) is 24.6 Å². The van der Waals surface area contributed by atoms with Gasteiger partial charge in [-0.15, -0.1) is 0 Å². The molecule has 0 aliphatic carbocycles. The summed E-state index contributed by atoms with van der Waals surface area (Å²) in [4.78, 5) is 21.7. The predicted molar refractivity (Wildman–Crippen MR) is 91.3 cm³/mol. The number of hydrogen-bond donors (Lipinski definition) is 0. The Hall–Kier alpha value is -3.35. The minimum atomic E-state index is -0.590. The molecule has 0 aliphatic heterocycles. The summed E-state index contributed by atoms with van der Waals surface area (Å²) < 4.78 is 15.7. The lowest BCUT2D eigenvalue weighted by atomic mass is 10.2. The van der Waals surface area contributed by atoms with Crippen LogP contribution >= 0.6 is 0 Å². The van der Waals surface area contributed by atoms with Crippen LogP contribution in [0.4, 0.5) is 0 Å². The van der Waals surface area contributed by atoms with Gasteiger partial charge in [-0.2, -0.15) is 0 Å². The number of rotatable bonds is 7. The minimum Gasteiger partial charge on any atom is -0.493 e. The van der Waals surface area contributed by atoms with E-state index in [-0.39, 0.29) is 18.1 Å². The topological polar surface area (TPSA) is 87.9 Å². The van der Waals surface area contributed by atoms with Crippen LogP contribution in [0.2, 0.25) is 0 Å². The summed E-state index contributed by atoms with van der Waals surface area (Å²) in [5.74, 6) is 0.467. The van der Waals surface area contributed by atoms with Crippen molar-refractivity contribution in [1.29, 1.82) is 0 Å². The molecule has 0 atom stereocenters. The quantitative estimate of drug-likeness (QED) is 0.332. The highest BCUT2D eigenvalue weighted by molar-refractivity contribution is 5.75. The van der Waals surface area contributed by atoms with Crippen LogP contribution in [0.25, 0.3) is 6.08 Å². The summed E-state index contributed by atoms with van der Waals surface area (Å²) in [7, 11) is 1.41. The largest absolute Gasteiger partial charge is 0.493 e. The first-order valence-corrected chi connectivity index (χ1v) is 7.38. The first kappa shape index (κ1) is 18.0. The van der Waals surface area contributed by atoms with E-state index < -0.39 is 10.9 Å². The zero-order chi connectivity index (χ0) is 18.2. The zero-order valence-electron chi connectivity index (χ0n) is 13.8. The fourth-order valence-electron chi connectivity index (χ4n) is 1.95. The number of aryl methyl sites for hydroxylation is 1. The van der Waals surface area contributed by atoms with Crippen molar-refractivity contribution < 1.29 is 23.9 Å². The lowest BCUT2D eigenvalue weighted by Crippen LogP contribution is -2.18. The monoisotopic (exact) mass is 343 g/mol.